The summed E-state index contributed by atoms with van der Waals surface area (Å²) in [6.45, 7) is 0. The van der Waals surface area contributed by atoms with Gasteiger partial charge in [-0.25, -0.2) is 9.97 Å². The molecule has 0 radical (unpaired) electrons. The molecule has 11 aromatic rings. The molecule has 0 aliphatic heterocycles. The highest BCUT2D eigenvalue weighted by Crippen LogP contribution is 2.42. The molecule has 11 rings (SSSR count). The Morgan fingerprint density at radius 1 is 0.375 bits per heavy atom. The summed E-state index contributed by atoms with van der Waals surface area (Å²) in [6.07, 6.45) is 1.83. The Morgan fingerprint density at radius 2 is 1.00 bits per heavy atom. The fourth-order valence-corrected chi connectivity index (χ4v) is 8.21. The maximum atomic E-state index is 5.29. The summed E-state index contributed by atoms with van der Waals surface area (Å²) < 4.78 is 4.80. The average Bonchev–Trinajstić information content (AvgIpc) is 3.83. The molecule has 0 spiro atoms. The molecule has 5 nitrogen and oxygen atoms in total. The van der Waals surface area contributed by atoms with Gasteiger partial charge in [0.1, 0.15) is 0 Å². The molecule has 0 atom stereocenters. The zero-order valence-corrected chi connectivity index (χ0v) is 30.3. The molecule has 56 heavy (non-hydrogen) atoms. The number of hydrogen-bond acceptors (Lipinski definition) is 3. The van der Waals surface area contributed by atoms with Crippen molar-refractivity contribution in [3.05, 3.63) is 200 Å². The van der Waals surface area contributed by atoms with Crippen molar-refractivity contribution in [2.45, 2.75) is 0 Å². The van der Waals surface area contributed by atoms with Crippen molar-refractivity contribution in [2.24, 2.45) is 0 Å². The summed E-state index contributed by atoms with van der Waals surface area (Å²) in [6, 6.07) is 68.4. The Bertz CT molecular complexity index is 3200. The number of para-hydroxylation sites is 3. The summed E-state index contributed by atoms with van der Waals surface area (Å²) >= 11 is 0. The SMILES string of the molecule is c1ccc(-c2cc3c(ccc4c5cc(-c6nc(-c7ccc(-c8ccccn8)cc7)c7ccccc7n6)ccc5n(-c5ccccc5)c43)n2-c2ccccc2)cc1. The van der Waals surface area contributed by atoms with Crippen LogP contribution in [0.1, 0.15) is 0 Å². The lowest BCUT2D eigenvalue weighted by molar-refractivity contribution is 1.13. The van der Waals surface area contributed by atoms with Crippen molar-refractivity contribution in [1.29, 1.82) is 0 Å². The molecular weight excluding hydrogens is 683 g/mol. The van der Waals surface area contributed by atoms with Gasteiger partial charge in [-0.15, -0.1) is 0 Å². The second kappa shape index (κ2) is 13.0. The van der Waals surface area contributed by atoms with Crippen LogP contribution in [0.25, 0.3) is 100 Å². The number of fused-ring (bicyclic) bond motifs is 6. The predicted octanol–water partition coefficient (Wildman–Crippen LogP) is 12.7. The first-order chi connectivity index (χ1) is 27.8. The van der Waals surface area contributed by atoms with Crippen LogP contribution in [0.4, 0.5) is 0 Å². The molecule has 0 aliphatic rings. The molecule has 4 heterocycles. The first kappa shape index (κ1) is 31.9. The van der Waals surface area contributed by atoms with E-state index in [-0.39, 0.29) is 0 Å². The molecule has 0 saturated carbocycles. The molecule has 262 valence electrons. The van der Waals surface area contributed by atoms with E-state index in [0.29, 0.717) is 5.82 Å². The van der Waals surface area contributed by atoms with Crippen LogP contribution in [-0.2, 0) is 0 Å². The van der Waals surface area contributed by atoms with Gasteiger partial charge in [0, 0.05) is 55.8 Å². The van der Waals surface area contributed by atoms with Crippen molar-refractivity contribution in [3.8, 4) is 56.5 Å². The molecule has 4 aromatic heterocycles. The summed E-state index contributed by atoms with van der Waals surface area (Å²) in [7, 11) is 0. The summed E-state index contributed by atoms with van der Waals surface area (Å²) in [4.78, 5) is 15.0. The third-order valence-corrected chi connectivity index (χ3v) is 10.8. The number of benzene rings is 7. The van der Waals surface area contributed by atoms with E-state index in [4.69, 9.17) is 9.97 Å². The molecular formula is C51H33N5. The second-order valence-electron chi connectivity index (χ2n) is 14.1. The highest BCUT2D eigenvalue weighted by molar-refractivity contribution is 6.20. The van der Waals surface area contributed by atoms with Gasteiger partial charge < -0.3 is 9.13 Å². The molecule has 0 unspecified atom stereocenters. The van der Waals surface area contributed by atoms with E-state index in [1.54, 1.807) is 0 Å². The van der Waals surface area contributed by atoms with Gasteiger partial charge in [-0.3, -0.25) is 4.98 Å². The van der Waals surface area contributed by atoms with E-state index in [1.807, 2.05) is 30.5 Å². The van der Waals surface area contributed by atoms with E-state index in [1.165, 1.54) is 21.9 Å². The Morgan fingerprint density at radius 3 is 1.75 bits per heavy atom. The molecule has 0 fully saturated rings. The van der Waals surface area contributed by atoms with E-state index >= 15 is 0 Å². The van der Waals surface area contributed by atoms with Crippen molar-refractivity contribution in [1.82, 2.24) is 24.1 Å². The van der Waals surface area contributed by atoms with Gasteiger partial charge in [0.2, 0.25) is 0 Å². The van der Waals surface area contributed by atoms with Gasteiger partial charge in [0.15, 0.2) is 5.82 Å². The minimum atomic E-state index is 0.692. The summed E-state index contributed by atoms with van der Waals surface area (Å²) in [5, 5.41) is 4.53. The van der Waals surface area contributed by atoms with Crippen LogP contribution in [0.15, 0.2) is 200 Å². The average molecular weight is 716 g/mol. The van der Waals surface area contributed by atoms with E-state index < -0.39 is 0 Å². The number of nitrogens with zero attached hydrogens (tertiary/aromatic N) is 5. The summed E-state index contributed by atoms with van der Waals surface area (Å²) in [5.41, 5.74) is 13.8. The predicted molar refractivity (Wildman–Crippen MR) is 230 cm³/mol. The van der Waals surface area contributed by atoms with Crippen LogP contribution < -0.4 is 0 Å². The van der Waals surface area contributed by atoms with Crippen molar-refractivity contribution < 1.29 is 0 Å². The van der Waals surface area contributed by atoms with E-state index in [9.17, 15) is 0 Å². The van der Waals surface area contributed by atoms with E-state index in [0.717, 1.165) is 72.5 Å². The normalized spacial score (nSPS) is 11.6. The minimum Gasteiger partial charge on any atom is -0.309 e. The van der Waals surface area contributed by atoms with Crippen molar-refractivity contribution >= 4 is 43.6 Å². The lowest BCUT2D eigenvalue weighted by Gasteiger charge is -2.12. The second-order valence-corrected chi connectivity index (χ2v) is 14.1. The van der Waals surface area contributed by atoms with Crippen LogP contribution in [0.5, 0.6) is 0 Å². The topological polar surface area (TPSA) is 48.5 Å². The lowest BCUT2D eigenvalue weighted by Crippen LogP contribution is -1.97. The van der Waals surface area contributed by atoms with Gasteiger partial charge in [-0.1, -0.05) is 121 Å². The number of hydrogen-bond donors (Lipinski definition) is 0. The van der Waals surface area contributed by atoms with Crippen molar-refractivity contribution in [2.75, 3.05) is 0 Å². The molecule has 5 heteroatoms. The van der Waals surface area contributed by atoms with Gasteiger partial charge in [-0.2, -0.15) is 0 Å². The minimum absolute atomic E-state index is 0.692. The number of rotatable bonds is 6. The molecule has 0 bridgehead atoms. The largest absolute Gasteiger partial charge is 0.309 e. The maximum absolute atomic E-state index is 5.29. The van der Waals surface area contributed by atoms with Crippen LogP contribution in [0.2, 0.25) is 0 Å². The monoisotopic (exact) mass is 715 g/mol. The third kappa shape index (κ3) is 5.21. The summed E-state index contributed by atoms with van der Waals surface area (Å²) in [5.74, 6) is 0.692. The van der Waals surface area contributed by atoms with Crippen LogP contribution in [0, 0.1) is 0 Å². The smallest absolute Gasteiger partial charge is 0.160 e. The highest BCUT2D eigenvalue weighted by atomic mass is 15.0. The Balaban J connectivity index is 1.14. The van der Waals surface area contributed by atoms with E-state index in [2.05, 4.69) is 184 Å². The lowest BCUT2D eigenvalue weighted by atomic mass is 10.0. The zero-order chi connectivity index (χ0) is 37.0. The standard InChI is InChI=1S/C51H33N5/c1-4-14-35(15-5-1)48-33-43-47(55(48)38-16-6-2-7-17-38)30-28-40-42-32-37(27-29-46(42)56(50(40)43)39-18-8-3-9-19-39)51-53-45-22-11-10-20-41(45)49(54-51)36-25-23-34(24-26-36)44-21-12-13-31-52-44/h1-33H. The third-order valence-electron chi connectivity index (χ3n) is 10.8. The molecule has 0 amide bonds. The zero-order valence-electron chi connectivity index (χ0n) is 30.3. The van der Waals surface area contributed by atoms with Gasteiger partial charge in [-0.05, 0) is 78.4 Å². The molecule has 0 aliphatic carbocycles. The van der Waals surface area contributed by atoms with Gasteiger partial charge in [0.05, 0.1) is 39.1 Å². The Hall–Kier alpha value is -7.63. The van der Waals surface area contributed by atoms with Crippen LogP contribution in [-0.4, -0.2) is 24.1 Å². The first-order valence-corrected chi connectivity index (χ1v) is 18.9. The maximum Gasteiger partial charge on any atom is 0.160 e. The van der Waals surface area contributed by atoms with Gasteiger partial charge in [0.25, 0.3) is 0 Å². The fourth-order valence-electron chi connectivity index (χ4n) is 8.21. The fraction of sp³-hybridized carbons (Fsp3) is 0. The van der Waals surface area contributed by atoms with Crippen LogP contribution >= 0.6 is 0 Å². The quantitative estimate of drug-likeness (QED) is 0.172. The first-order valence-electron chi connectivity index (χ1n) is 18.9. The highest BCUT2D eigenvalue weighted by Gasteiger charge is 2.21. The molecule has 7 aromatic carbocycles. The Kier molecular flexibility index (Phi) is 7.42. The molecule has 0 N–H and O–H groups in total. The van der Waals surface area contributed by atoms with Crippen molar-refractivity contribution in [3.63, 3.8) is 0 Å². The Labute approximate surface area is 323 Å². The number of pyridine rings is 1. The number of aromatic nitrogens is 5. The van der Waals surface area contributed by atoms with Gasteiger partial charge >= 0.3 is 0 Å². The van der Waals surface area contributed by atoms with Crippen LogP contribution in [0.3, 0.4) is 0 Å². The molecule has 0 saturated heterocycles.